The normalized spacial score (nSPS) is 19.9. The number of benzene rings is 1. The van der Waals surface area contributed by atoms with Crippen molar-refractivity contribution in [3.05, 3.63) is 56.4 Å². The van der Waals surface area contributed by atoms with Crippen LogP contribution in [-0.2, 0) is 50.6 Å². The summed E-state index contributed by atoms with van der Waals surface area (Å²) in [4.78, 5) is 88.7. The molecule has 0 radical (unpaired) electrons. The maximum atomic E-state index is 13.7. The zero-order valence-corrected chi connectivity index (χ0v) is 31.0. The van der Waals surface area contributed by atoms with Crippen LogP contribution in [0.5, 0.6) is 0 Å². The summed E-state index contributed by atoms with van der Waals surface area (Å²) < 4.78 is 70.8. The van der Waals surface area contributed by atoms with Crippen molar-refractivity contribution in [1.29, 1.82) is 0 Å². The molecule has 10 N–H and O–H groups in total. The predicted octanol–water partition coefficient (Wildman–Crippen LogP) is 0.860. The molecule has 55 heavy (non-hydrogen) atoms. The first-order valence-corrected chi connectivity index (χ1v) is 20.0. The maximum Gasteiger partial charge on any atom is 0.490 e. The van der Waals surface area contributed by atoms with Gasteiger partial charge in [0.05, 0.1) is 44.4 Å². The summed E-state index contributed by atoms with van der Waals surface area (Å²) in [6.45, 7) is 1.05. The SMILES string of the molecule is CC(N=[N+]=[N-])c1cc(NC(=O)COCCOCCN)ccc1C(=O)OC1C[C@H](n2cnc3c(=O)[nH]c(N)nc32)O[C@@H]1COP(=O)(O)OP(=O)(O)OP(=O)(O)O. The summed E-state index contributed by atoms with van der Waals surface area (Å²) >= 11 is 0. The fourth-order valence-corrected chi connectivity index (χ4v) is 7.98. The molecular weight excluding hydrogens is 805 g/mol. The smallest absolute Gasteiger partial charge is 0.456 e. The molecule has 3 aromatic rings. The molecule has 2 aromatic heterocycles. The average Bonchev–Trinajstić information content (AvgIpc) is 3.67. The number of nitrogens with two attached hydrogens (primary N) is 2. The minimum absolute atomic E-state index is 0.0710. The van der Waals surface area contributed by atoms with Crippen molar-refractivity contribution in [1.82, 2.24) is 19.5 Å². The number of imidazole rings is 1. The van der Waals surface area contributed by atoms with Gasteiger partial charge in [0.1, 0.15) is 25.0 Å². The Bertz CT molecular complexity index is 2120. The molecule has 1 fully saturated rings. The van der Waals surface area contributed by atoms with Crippen molar-refractivity contribution in [2.75, 3.05) is 50.6 Å². The van der Waals surface area contributed by atoms with Crippen molar-refractivity contribution in [2.24, 2.45) is 10.8 Å². The minimum Gasteiger partial charge on any atom is -0.456 e. The molecule has 30 heteroatoms. The van der Waals surface area contributed by atoms with E-state index in [0.717, 1.165) is 6.33 Å². The second-order valence-corrected chi connectivity index (χ2v) is 15.6. The van der Waals surface area contributed by atoms with E-state index in [1.807, 2.05) is 0 Å². The molecule has 1 aliphatic rings. The number of phosphoric ester groups is 1. The lowest BCUT2D eigenvalue weighted by Gasteiger charge is -2.22. The number of fused-ring (bicyclic) bond motifs is 1. The molecule has 4 rings (SSSR count). The number of amides is 1. The fourth-order valence-electron chi connectivity index (χ4n) is 4.95. The third kappa shape index (κ3) is 12.7. The van der Waals surface area contributed by atoms with Gasteiger partial charge in [0, 0.05) is 23.6 Å². The summed E-state index contributed by atoms with van der Waals surface area (Å²) in [6, 6.07) is 2.96. The highest BCUT2D eigenvalue weighted by Gasteiger charge is 2.44. The van der Waals surface area contributed by atoms with Gasteiger partial charge >= 0.3 is 29.4 Å². The van der Waals surface area contributed by atoms with Gasteiger partial charge in [-0.25, -0.2) is 23.5 Å². The first kappa shape index (κ1) is 43.6. The number of hydrogen-bond acceptors (Lipinski definition) is 18. The molecule has 1 amide bonds. The Kier molecular flexibility index (Phi) is 14.8. The summed E-state index contributed by atoms with van der Waals surface area (Å²) in [5.74, 6) is -1.90. The van der Waals surface area contributed by atoms with E-state index in [4.69, 9.17) is 50.3 Å². The summed E-state index contributed by atoms with van der Waals surface area (Å²) in [5.41, 5.74) is 19.3. The number of phosphoric acid groups is 3. The van der Waals surface area contributed by atoms with Crippen LogP contribution >= 0.6 is 23.5 Å². The fraction of sp³-hybridized carbons (Fsp3) is 0.480. The number of carbonyl (C=O) groups is 2. The first-order valence-electron chi connectivity index (χ1n) is 15.5. The molecule has 0 saturated carbocycles. The Morgan fingerprint density at radius 3 is 2.58 bits per heavy atom. The number of aromatic amines is 1. The van der Waals surface area contributed by atoms with Crippen molar-refractivity contribution >= 4 is 58.1 Å². The molecule has 1 aromatic carbocycles. The van der Waals surface area contributed by atoms with Gasteiger partial charge in [0.15, 0.2) is 11.2 Å². The summed E-state index contributed by atoms with van der Waals surface area (Å²) in [5, 5.41) is 6.21. The molecule has 302 valence electrons. The number of hydrogen-bond donors (Lipinski definition) is 8. The van der Waals surface area contributed by atoms with Crippen LogP contribution in [0.3, 0.4) is 0 Å². The van der Waals surface area contributed by atoms with Crippen molar-refractivity contribution in [3.8, 4) is 0 Å². The van der Waals surface area contributed by atoms with Gasteiger partial charge in [-0.1, -0.05) is 12.0 Å². The lowest BCUT2D eigenvalue weighted by Crippen LogP contribution is -2.31. The maximum absolute atomic E-state index is 13.7. The zero-order chi connectivity index (χ0) is 40.6. The van der Waals surface area contributed by atoms with Crippen LogP contribution in [0, 0.1) is 0 Å². The van der Waals surface area contributed by atoms with Gasteiger partial charge in [-0.2, -0.15) is 13.6 Å². The molecule has 27 nitrogen and oxygen atoms in total. The molecule has 4 unspecified atom stereocenters. The van der Waals surface area contributed by atoms with Crippen LogP contribution in [0.4, 0.5) is 11.6 Å². The standard InChI is InChI=1S/C25H35N10O17P3/c1-13(33-34-28)16-8-14(30-19(36)11-47-7-6-46-5-4-26)2-3-15(16)24(38)50-17-9-20(35-12-29-21-22(35)31-25(27)32-23(21)37)49-18(17)10-48-54(42,43)52-55(44,45)51-53(39,40)41/h2-3,8,12-13,17-18,20H,4-7,9-11,26H2,1H3,(H,30,36)(H,42,43)(H,44,45)(H2,39,40,41)(H3,27,31,32,37)/t13?,17?,18-,20-/m1/s1. The number of azide groups is 1. The Balaban J connectivity index is 1.57. The number of rotatable bonds is 20. The largest absolute Gasteiger partial charge is 0.490 e. The molecule has 1 aliphatic heterocycles. The number of nitrogen functional groups attached to an aromatic ring is 1. The Labute approximate surface area is 308 Å². The van der Waals surface area contributed by atoms with E-state index < -0.39 is 72.0 Å². The van der Waals surface area contributed by atoms with Crippen molar-refractivity contribution in [2.45, 2.75) is 37.8 Å². The van der Waals surface area contributed by atoms with E-state index in [0.29, 0.717) is 13.2 Å². The molecule has 1 saturated heterocycles. The topological polar surface area (TPSA) is 407 Å². The Morgan fingerprint density at radius 1 is 1.16 bits per heavy atom. The van der Waals surface area contributed by atoms with Gasteiger partial charge in [-0.05, 0) is 29.3 Å². The van der Waals surface area contributed by atoms with Crippen molar-refractivity contribution in [3.63, 3.8) is 0 Å². The number of carbonyl (C=O) groups excluding carboxylic acids is 2. The van der Waals surface area contributed by atoms with Gasteiger partial charge in [-0.3, -0.25) is 23.7 Å². The van der Waals surface area contributed by atoms with Crippen LogP contribution in [-0.4, -0.2) is 103 Å². The third-order valence-electron chi connectivity index (χ3n) is 7.12. The highest BCUT2D eigenvalue weighted by molar-refractivity contribution is 7.66. The first-order chi connectivity index (χ1) is 25.8. The number of nitrogens with zero attached hydrogens (tertiary/aromatic N) is 6. The number of H-pyrrole nitrogens is 1. The lowest BCUT2D eigenvalue weighted by atomic mass is 10.0. The molecular formula is C25H35N10O17P3. The van der Waals surface area contributed by atoms with Crippen LogP contribution in [0.25, 0.3) is 21.6 Å². The number of esters is 1. The Hall–Kier alpha value is -4.13. The lowest BCUT2D eigenvalue weighted by molar-refractivity contribution is -0.121. The van der Waals surface area contributed by atoms with Gasteiger partial charge in [-0.15, -0.1) is 0 Å². The average molecular weight is 841 g/mol. The van der Waals surface area contributed by atoms with Crippen molar-refractivity contribution < 1.29 is 75.0 Å². The third-order valence-corrected chi connectivity index (χ3v) is 10.9. The Morgan fingerprint density at radius 2 is 1.89 bits per heavy atom. The predicted molar refractivity (Wildman–Crippen MR) is 183 cm³/mol. The summed E-state index contributed by atoms with van der Waals surface area (Å²) in [7, 11) is -17.2. The minimum atomic E-state index is -5.88. The van der Waals surface area contributed by atoms with E-state index >= 15 is 0 Å². The monoisotopic (exact) mass is 840 g/mol. The quantitative estimate of drug-likeness (QED) is 0.0195. The van der Waals surface area contributed by atoms with Crippen LogP contribution in [0.2, 0.25) is 0 Å². The molecule has 0 aliphatic carbocycles. The van der Waals surface area contributed by atoms with Gasteiger partial charge < -0.3 is 55.3 Å². The highest BCUT2D eigenvalue weighted by Crippen LogP contribution is 2.66. The van der Waals surface area contributed by atoms with Gasteiger partial charge in [0.2, 0.25) is 11.9 Å². The molecule has 0 bridgehead atoms. The number of aromatic nitrogens is 4. The van der Waals surface area contributed by atoms with Crippen LogP contribution in [0.1, 0.15) is 41.5 Å². The van der Waals surface area contributed by atoms with E-state index in [1.54, 1.807) is 0 Å². The molecule has 3 heterocycles. The summed E-state index contributed by atoms with van der Waals surface area (Å²) in [6.07, 6.45) is -3.21. The second kappa shape index (κ2) is 18.7. The second-order valence-electron chi connectivity index (χ2n) is 11.2. The number of ether oxygens (including phenoxy) is 4. The van der Waals surface area contributed by atoms with E-state index in [2.05, 4.69) is 38.9 Å². The van der Waals surface area contributed by atoms with Crippen LogP contribution in [0.15, 0.2) is 34.4 Å². The zero-order valence-electron chi connectivity index (χ0n) is 28.3. The highest BCUT2D eigenvalue weighted by atomic mass is 31.3. The van der Waals surface area contributed by atoms with E-state index in [1.165, 1.54) is 29.7 Å². The number of anilines is 2. The van der Waals surface area contributed by atoms with E-state index in [9.17, 15) is 37.9 Å². The van der Waals surface area contributed by atoms with Crippen LogP contribution < -0.4 is 22.3 Å². The molecule has 0 spiro atoms. The number of nitrogens with one attached hydrogen (secondary N) is 2. The molecule has 6 atom stereocenters. The van der Waals surface area contributed by atoms with E-state index in [-0.39, 0.29) is 60.2 Å². The van der Waals surface area contributed by atoms with Gasteiger partial charge in [0.25, 0.3) is 5.56 Å².